The van der Waals surface area contributed by atoms with Gasteiger partial charge in [-0.15, -0.1) is 0 Å². The average molecular weight is 507 g/mol. The summed E-state index contributed by atoms with van der Waals surface area (Å²) < 4.78 is 20.5. The molecule has 1 fully saturated rings. The molecule has 0 radical (unpaired) electrons. The highest BCUT2D eigenvalue weighted by Crippen LogP contribution is 2.31. The maximum atomic E-state index is 15.1. The number of piperidine rings is 1. The zero-order valence-corrected chi connectivity index (χ0v) is 21.6. The fraction of sp³-hybridized carbons (Fsp3) is 0.393. The van der Waals surface area contributed by atoms with E-state index < -0.39 is 23.9 Å². The van der Waals surface area contributed by atoms with Gasteiger partial charge in [-0.05, 0) is 38.3 Å². The Morgan fingerprint density at radius 2 is 1.68 bits per heavy atom. The van der Waals surface area contributed by atoms with Gasteiger partial charge in [-0.3, -0.25) is 0 Å². The maximum Gasteiger partial charge on any atom is 0.410 e. The van der Waals surface area contributed by atoms with Crippen LogP contribution >= 0.6 is 0 Å². The molecule has 8 nitrogen and oxygen atoms in total. The lowest BCUT2D eigenvalue weighted by Crippen LogP contribution is -2.51. The first-order chi connectivity index (χ1) is 17.7. The summed E-state index contributed by atoms with van der Waals surface area (Å²) in [5.41, 5.74) is 8.52. The molecule has 0 unspecified atom stereocenters. The molecule has 4 rings (SSSR count). The van der Waals surface area contributed by atoms with Crippen LogP contribution in [0.5, 0.6) is 0 Å². The van der Waals surface area contributed by atoms with Crippen LogP contribution in [0.1, 0.15) is 38.3 Å². The number of halogens is 1. The summed E-state index contributed by atoms with van der Waals surface area (Å²) in [6.07, 6.45) is 0.0375. The molecule has 1 amide bonds. The Hall–Kier alpha value is -3.88. The summed E-state index contributed by atoms with van der Waals surface area (Å²) in [4.78, 5) is 24.7. The number of ether oxygens (including phenoxy) is 1. The van der Waals surface area contributed by atoms with E-state index in [2.05, 4.69) is 44.5 Å². The standard InChI is InChI=1S/C28H35FN6O2/c1-28(2,3)37-27(36)34-15-14-23(22(29)18-34)33-25-24(30)26(32-19-31-25)35(16-20-10-6-4-7-11-20)17-21-12-8-5-9-13-21/h4-13,19,22-23H,14-18,30H2,1-3H3,(H,31,32,33)/t22-,23-/m1/s1. The number of hydrogen-bond acceptors (Lipinski definition) is 7. The summed E-state index contributed by atoms with van der Waals surface area (Å²) in [5.74, 6) is 0.960. The highest BCUT2D eigenvalue weighted by Gasteiger charge is 2.34. The second-order valence-corrected chi connectivity index (χ2v) is 10.3. The molecular weight excluding hydrogens is 471 g/mol. The molecule has 0 bridgehead atoms. The van der Waals surface area contributed by atoms with Gasteiger partial charge in [-0.1, -0.05) is 60.7 Å². The van der Waals surface area contributed by atoms with E-state index in [-0.39, 0.29) is 6.54 Å². The summed E-state index contributed by atoms with van der Waals surface area (Å²) in [7, 11) is 0. The fourth-order valence-corrected chi connectivity index (χ4v) is 4.30. The first kappa shape index (κ1) is 26.2. The normalized spacial score (nSPS) is 17.8. The van der Waals surface area contributed by atoms with Gasteiger partial charge in [-0.2, -0.15) is 0 Å². The SMILES string of the molecule is CC(C)(C)OC(=O)N1CC[C@@H](Nc2ncnc(N(Cc3ccccc3)Cc3ccccc3)c2N)[C@H](F)C1. The molecule has 2 atom stereocenters. The van der Waals surface area contributed by atoms with E-state index in [0.29, 0.717) is 43.4 Å². The minimum atomic E-state index is -1.30. The first-order valence-electron chi connectivity index (χ1n) is 12.5. The number of aromatic nitrogens is 2. The Morgan fingerprint density at radius 1 is 1.08 bits per heavy atom. The van der Waals surface area contributed by atoms with Crippen molar-refractivity contribution in [3.05, 3.63) is 78.1 Å². The van der Waals surface area contributed by atoms with Crippen molar-refractivity contribution in [2.75, 3.05) is 29.0 Å². The van der Waals surface area contributed by atoms with Crippen molar-refractivity contribution >= 4 is 23.4 Å². The van der Waals surface area contributed by atoms with Crippen LogP contribution in [0.15, 0.2) is 67.0 Å². The zero-order chi connectivity index (χ0) is 26.4. The van der Waals surface area contributed by atoms with Gasteiger partial charge in [0.2, 0.25) is 0 Å². The van der Waals surface area contributed by atoms with Gasteiger partial charge in [0.15, 0.2) is 11.6 Å². The molecule has 1 aliphatic rings. The number of benzene rings is 2. The number of rotatable bonds is 7. The van der Waals surface area contributed by atoms with Crippen molar-refractivity contribution in [3.8, 4) is 0 Å². The number of likely N-dealkylation sites (tertiary alicyclic amines) is 1. The first-order valence-corrected chi connectivity index (χ1v) is 12.5. The quantitative estimate of drug-likeness (QED) is 0.464. The third kappa shape index (κ3) is 7.09. The lowest BCUT2D eigenvalue weighted by Gasteiger charge is -2.36. The highest BCUT2D eigenvalue weighted by molar-refractivity contribution is 5.75. The molecule has 196 valence electrons. The number of alkyl halides is 1. The van der Waals surface area contributed by atoms with Gasteiger partial charge in [-0.25, -0.2) is 19.2 Å². The van der Waals surface area contributed by atoms with E-state index in [1.807, 2.05) is 36.4 Å². The number of nitrogens with zero attached hydrogens (tertiary/aromatic N) is 4. The number of anilines is 3. The summed E-state index contributed by atoms with van der Waals surface area (Å²) in [6.45, 7) is 6.88. The molecule has 0 spiro atoms. The summed E-state index contributed by atoms with van der Waals surface area (Å²) in [6, 6.07) is 19.6. The van der Waals surface area contributed by atoms with Crippen LogP contribution < -0.4 is 16.0 Å². The topological polar surface area (TPSA) is 96.6 Å². The van der Waals surface area contributed by atoms with Crippen molar-refractivity contribution in [2.24, 2.45) is 0 Å². The van der Waals surface area contributed by atoms with Crippen molar-refractivity contribution in [1.29, 1.82) is 0 Å². The number of nitrogen functional groups attached to an aromatic ring is 1. The van der Waals surface area contributed by atoms with E-state index in [0.717, 1.165) is 11.1 Å². The van der Waals surface area contributed by atoms with Crippen LogP contribution in [-0.4, -0.2) is 51.9 Å². The second kappa shape index (κ2) is 11.5. The molecule has 37 heavy (non-hydrogen) atoms. The van der Waals surface area contributed by atoms with Gasteiger partial charge >= 0.3 is 6.09 Å². The van der Waals surface area contributed by atoms with E-state index in [1.165, 1.54) is 11.2 Å². The minimum Gasteiger partial charge on any atom is -0.444 e. The maximum absolute atomic E-state index is 15.1. The van der Waals surface area contributed by atoms with Crippen molar-refractivity contribution in [1.82, 2.24) is 14.9 Å². The Balaban J connectivity index is 1.50. The molecule has 3 aromatic rings. The number of carbonyl (C=O) groups is 1. The van der Waals surface area contributed by atoms with E-state index in [9.17, 15) is 4.79 Å². The van der Waals surface area contributed by atoms with Crippen LogP contribution in [0.25, 0.3) is 0 Å². The van der Waals surface area contributed by atoms with Crippen LogP contribution in [0.2, 0.25) is 0 Å². The van der Waals surface area contributed by atoms with Gasteiger partial charge < -0.3 is 25.6 Å². The highest BCUT2D eigenvalue weighted by atomic mass is 19.1. The Morgan fingerprint density at radius 3 is 2.22 bits per heavy atom. The largest absolute Gasteiger partial charge is 0.444 e. The van der Waals surface area contributed by atoms with Crippen molar-refractivity contribution in [2.45, 2.75) is 58.1 Å². The molecule has 1 aliphatic heterocycles. The smallest absolute Gasteiger partial charge is 0.410 e. The number of nitrogens with one attached hydrogen (secondary N) is 1. The van der Waals surface area contributed by atoms with Crippen molar-refractivity contribution in [3.63, 3.8) is 0 Å². The van der Waals surface area contributed by atoms with E-state index in [4.69, 9.17) is 10.5 Å². The van der Waals surface area contributed by atoms with Crippen LogP contribution in [0.3, 0.4) is 0 Å². The number of amides is 1. The molecular formula is C28H35FN6O2. The Kier molecular flexibility index (Phi) is 8.11. The van der Waals surface area contributed by atoms with Crippen LogP contribution in [0, 0.1) is 0 Å². The monoisotopic (exact) mass is 506 g/mol. The lowest BCUT2D eigenvalue weighted by molar-refractivity contribution is 0.0125. The molecule has 1 aromatic heterocycles. The van der Waals surface area contributed by atoms with Gasteiger partial charge in [0.1, 0.15) is 23.8 Å². The molecule has 2 aromatic carbocycles. The van der Waals surface area contributed by atoms with Gasteiger partial charge in [0.25, 0.3) is 0 Å². The molecule has 0 saturated carbocycles. The van der Waals surface area contributed by atoms with Gasteiger partial charge in [0.05, 0.1) is 12.6 Å². The summed E-state index contributed by atoms with van der Waals surface area (Å²) in [5, 5.41) is 3.17. The average Bonchev–Trinajstić information content (AvgIpc) is 2.86. The molecule has 2 heterocycles. The lowest BCUT2D eigenvalue weighted by atomic mass is 10.0. The van der Waals surface area contributed by atoms with E-state index >= 15 is 4.39 Å². The summed E-state index contributed by atoms with van der Waals surface area (Å²) >= 11 is 0. The number of carbonyl (C=O) groups excluding carboxylic acids is 1. The number of nitrogens with two attached hydrogens (primary N) is 1. The van der Waals surface area contributed by atoms with Crippen LogP contribution in [0.4, 0.5) is 26.5 Å². The second-order valence-electron chi connectivity index (χ2n) is 10.3. The molecule has 0 aliphatic carbocycles. The predicted molar refractivity (Wildman–Crippen MR) is 144 cm³/mol. The Bertz CT molecular complexity index is 1130. The minimum absolute atomic E-state index is 0.0570. The zero-order valence-electron chi connectivity index (χ0n) is 21.6. The van der Waals surface area contributed by atoms with E-state index in [1.54, 1.807) is 20.8 Å². The van der Waals surface area contributed by atoms with Crippen LogP contribution in [-0.2, 0) is 17.8 Å². The van der Waals surface area contributed by atoms with Gasteiger partial charge in [0, 0.05) is 19.6 Å². The number of hydrogen-bond donors (Lipinski definition) is 2. The third-order valence-corrected chi connectivity index (χ3v) is 6.11. The predicted octanol–water partition coefficient (Wildman–Crippen LogP) is 5.03. The third-order valence-electron chi connectivity index (χ3n) is 6.11. The Labute approximate surface area is 217 Å². The molecule has 9 heteroatoms. The molecule has 3 N–H and O–H groups in total. The van der Waals surface area contributed by atoms with Crippen molar-refractivity contribution < 1.29 is 13.9 Å². The fourth-order valence-electron chi connectivity index (χ4n) is 4.30. The molecule has 1 saturated heterocycles.